The van der Waals surface area contributed by atoms with E-state index in [1.165, 1.54) is 21.4 Å². The fraction of sp³-hybridized carbons (Fsp3) is 0.100. The number of furan rings is 1. The second kappa shape index (κ2) is 5.63. The zero-order valence-electron chi connectivity index (χ0n) is 14.4. The normalized spacial score (nSPS) is 11.6. The van der Waals surface area contributed by atoms with Crippen LogP contribution in [-0.2, 0) is 6.54 Å². The number of para-hydroxylation sites is 1. The maximum atomic E-state index is 12.8. The van der Waals surface area contributed by atoms with E-state index in [0.717, 1.165) is 10.9 Å². The Morgan fingerprint density at radius 2 is 1.96 bits per heavy atom. The van der Waals surface area contributed by atoms with Crippen molar-refractivity contribution in [3.05, 3.63) is 87.0 Å². The van der Waals surface area contributed by atoms with Crippen LogP contribution in [0, 0.1) is 6.92 Å². The minimum absolute atomic E-state index is 0.137. The van der Waals surface area contributed by atoms with Gasteiger partial charge in [0.05, 0.1) is 18.6 Å². The number of fused-ring (bicyclic) bond motifs is 4. The van der Waals surface area contributed by atoms with Crippen LogP contribution in [0.5, 0.6) is 0 Å². The molecule has 0 amide bonds. The Bertz CT molecular complexity index is 1460. The Hall–Kier alpha value is -3.74. The molecule has 0 aliphatic heterocycles. The highest BCUT2D eigenvalue weighted by molar-refractivity contribution is 6.01. The van der Waals surface area contributed by atoms with Crippen molar-refractivity contribution in [1.29, 1.82) is 0 Å². The molecule has 0 saturated carbocycles. The molecule has 0 saturated heterocycles. The summed E-state index contributed by atoms with van der Waals surface area (Å²) in [5, 5.41) is 0.800. The standard InChI is InChI=1S/C20H14N4O3/c1-12-6-7-16-22-13(8-17(25)24(16)9-12)10-23-11-21-18-14-4-2-3-5-15(14)27-19(18)20(23)26/h2-9,11H,10H2,1H3. The van der Waals surface area contributed by atoms with Crippen LogP contribution in [0.3, 0.4) is 0 Å². The first-order valence-corrected chi connectivity index (χ1v) is 8.46. The molecular weight excluding hydrogens is 344 g/mol. The molecule has 5 aromatic rings. The van der Waals surface area contributed by atoms with Gasteiger partial charge in [0.15, 0.2) is 0 Å². The van der Waals surface area contributed by atoms with Crippen LogP contribution in [0.1, 0.15) is 11.3 Å². The summed E-state index contributed by atoms with van der Waals surface area (Å²) in [4.78, 5) is 34.0. The van der Waals surface area contributed by atoms with Gasteiger partial charge in [0.1, 0.15) is 16.7 Å². The first-order chi connectivity index (χ1) is 13.1. The first-order valence-electron chi connectivity index (χ1n) is 8.46. The number of aromatic nitrogens is 4. The lowest BCUT2D eigenvalue weighted by atomic mass is 10.2. The van der Waals surface area contributed by atoms with Crippen molar-refractivity contribution in [2.45, 2.75) is 13.5 Å². The quantitative estimate of drug-likeness (QED) is 0.484. The summed E-state index contributed by atoms with van der Waals surface area (Å²) in [6, 6.07) is 12.5. The highest BCUT2D eigenvalue weighted by Gasteiger charge is 2.14. The van der Waals surface area contributed by atoms with Gasteiger partial charge in [0.2, 0.25) is 5.58 Å². The minimum Gasteiger partial charge on any atom is -0.448 e. The number of benzene rings is 1. The van der Waals surface area contributed by atoms with Crippen molar-refractivity contribution >= 4 is 27.7 Å². The van der Waals surface area contributed by atoms with Crippen molar-refractivity contribution in [3.63, 3.8) is 0 Å². The van der Waals surface area contributed by atoms with Gasteiger partial charge in [-0.25, -0.2) is 9.97 Å². The summed E-state index contributed by atoms with van der Waals surface area (Å²) in [5.41, 5.74) is 2.85. The Kier molecular flexibility index (Phi) is 3.24. The second-order valence-electron chi connectivity index (χ2n) is 6.47. The van der Waals surface area contributed by atoms with Crippen molar-refractivity contribution in [3.8, 4) is 0 Å². The van der Waals surface area contributed by atoms with Gasteiger partial charge < -0.3 is 4.42 Å². The highest BCUT2D eigenvalue weighted by Crippen LogP contribution is 2.24. The monoisotopic (exact) mass is 358 g/mol. The lowest BCUT2D eigenvalue weighted by Crippen LogP contribution is -2.23. The van der Waals surface area contributed by atoms with Crippen LogP contribution in [0.25, 0.3) is 27.7 Å². The minimum atomic E-state index is -0.304. The summed E-state index contributed by atoms with van der Waals surface area (Å²) >= 11 is 0. The van der Waals surface area contributed by atoms with E-state index in [4.69, 9.17) is 4.42 Å². The summed E-state index contributed by atoms with van der Waals surface area (Å²) in [6.07, 6.45) is 3.20. The molecule has 0 fully saturated rings. The molecule has 1 aromatic carbocycles. The van der Waals surface area contributed by atoms with E-state index in [-0.39, 0.29) is 23.2 Å². The van der Waals surface area contributed by atoms with E-state index in [0.29, 0.717) is 22.4 Å². The number of rotatable bonds is 2. The van der Waals surface area contributed by atoms with Crippen molar-refractivity contribution in [2.75, 3.05) is 0 Å². The molecular formula is C20H14N4O3. The Balaban J connectivity index is 1.64. The van der Waals surface area contributed by atoms with Crippen LogP contribution >= 0.6 is 0 Å². The molecule has 0 bridgehead atoms. The van der Waals surface area contributed by atoms with Gasteiger partial charge in [-0.2, -0.15) is 0 Å². The number of nitrogens with zero attached hydrogens (tertiary/aromatic N) is 4. The molecule has 5 rings (SSSR count). The molecule has 0 spiro atoms. The number of pyridine rings is 1. The second-order valence-corrected chi connectivity index (χ2v) is 6.47. The Labute approximate surface area is 152 Å². The molecule has 0 N–H and O–H groups in total. The van der Waals surface area contributed by atoms with Crippen molar-refractivity contribution in [2.24, 2.45) is 0 Å². The number of hydrogen-bond acceptors (Lipinski definition) is 5. The summed E-state index contributed by atoms with van der Waals surface area (Å²) < 4.78 is 8.57. The summed E-state index contributed by atoms with van der Waals surface area (Å²) in [5.74, 6) is 0. The van der Waals surface area contributed by atoms with Crippen molar-refractivity contribution in [1.82, 2.24) is 18.9 Å². The number of hydrogen-bond donors (Lipinski definition) is 0. The third-order valence-electron chi connectivity index (χ3n) is 4.54. The third-order valence-corrected chi connectivity index (χ3v) is 4.54. The molecule has 0 unspecified atom stereocenters. The van der Waals surface area contributed by atoms with Gasteiger partial charge in [-0.3, -0.25) is 18.6 Å². The van der Waals surface area contributed by atoms with Gasteiger partial charge in [-0.15, -0.1) is 0 Å². The maximum Gasteiger partial charge on any atom is 0.297 e. The van der Waals surface area contributed by atoms with E-state index in [2.05, 4.69) is 9.97 Å². The van der Waals surface area contributed by atoms with Crippen molar-refractivity contribution < 1.29 is 4.42 Å². The van der Waals surface area contributed by atoms with Crippen LogP contribution in [-0.4, -0.2) is 18.9 Å². The Morgan fingerprint density at radius 1 is 1.11 bits per heavy atom. The van der Waals surface area contributed by atoms with E-state index >= 15 is 0 Å². The molecule has 27 heavy (non-hydrogen) atoms. The predicted molar refractivity (Wildman–Crippen MR) is 101 cm³/mol. The summed E-state index contributed by atoms with van der Waals surface area (Å²) in [6.45, 7) is 2.05. The zero-order chi connectivity index (χ0) is 18.5. The molecule has 0 radical (unpaired) electrons. The topological polar surface area (TPSA) is 82.4 Å². The fourth-order valence-electron chi connectivity index (χ4n) is 3.24. The molecule has 4 heterocycles. The molecule has 0 atom stereocenters. The third kappa shape index (κ3) is 2.43. The zero-order valence-corrected chi connectivity index (χ0v) is 14.4. The van der Waals surface area contributed by atoms with E-state index in [9.17, 15) is 9.59 Å². The maximum absolute atomic E-state index is 12.8. The van der Waals surface area contributed by atoms with Gasteiger partial charge in [0, 0.05) is 17.6 Å². The van der Waals surface area contributed by atoms with Gasteiger partial charge in [-0.1, -0.05) is 18.2 Å². The van der Waals surface area contributed by atoms with Crippen LogP contribution in [0.2, 0.25) is 0 Å². The van der Waals surface area contributed by atoms with Crippen LogP contribution < -0.4 is 11.1 Å². The molecule has 7 nitrogen and oxygen atoms in total. The van der Waals surface area contributed by atoms with Gasteiger partial charge >= 0.3 is 0 Å². The fourth-order valence-corrected chi connectivity index (χ4v) is 3.24. The molecule has 4 aromatic heterocycles. The smallest absolute Gasteiger partial charge is 0.297 e. The predicted octanol–water partition coefficient (Wildman–Crippen LogP) is 2.51. The molecule has 0 aliphatic carbocycles. The SMILES string of the molecule is Cc1ccc2nc(Cn3cnc4c(oc5ccccc54)c3=O)cc(=O)n2c1. The highest BCUT2D eigenvalue weighted by atomic mass is 16.3. The van der Waals surface area contributed by atoms with E-state index in [1.54, 1.807) is 18.3 Å². The lowest BCUT2D eigenvalue weighted by Gasteiger charge is -2.07. The van der Waals surface area contributed by atoms with E-state index in [1.807, 2.05) is 31.2 Å². The molecule has 7 heteroatoms. The van der Waals surface area contributed by atoms with Gasteiger partial charge in [-0.05, 0) is 30.7 Å². The Morgan fingerprint density at radius 3 is 2.85 bits per heavy atom. The average molecular weight is 358 g/mol. The van der Waals surface area contributed by atoms with Gasteiger partial charge in [0.25, 0.3) is 11.1 Å². The first kappa shape index (κ1) is 15.5. The average Bonchev–Trinajstić information content (AvgIpc) is 3.04. The molecule has 132 valence electrons. The van der Waals surface area contributed by atoms with Crippen LogP contribution in [0.4, 0.5) is 0 Å². The number of aryl methyl sites for hydroxylation is 1. The van der Waals surface area contributed by atoms with Crippen LogP contribution in [0.15, 0.2) is 69.0 Å². The summed E-state index contributed by atoms with van der Waals surface area (Å²) in [7, 11) is 0. The lowest BCUT2D eigenvalue weighted by molar-refractivity contribution is 0.640. The van der Waals surface area contributed by atoms with E-state index < -0.39 is 0 Å². The molecule has 0 aliphatic rings. The largest absolute Gasteiger partial charge is 0.448 e.